The first kappa shape index (κ1) is 14.9. The predicted octanol–water partition coefficient (Wildman–Crippen LogP) is 6.62. The zero-order valence-electron chi connectivity index (χ0n) is 14.4. The molecule has 5 rings (SSSR count). The fourth-order valence-electron chi connectivity index (χ4n) is 3.55. The molecule has 2 heterocycles. The van der Waals surface area contributed by atoms with E-state index in [1.54, 1.807) is 0 Å². The molecular formula is C24H17NO. The quantitative estimate of drug-likeness (QED) is 0.362. The van der Waals surface area contributed by atoms with E-state index in [0.29, 0.717) is 0 Å². The predicted molar refractivity (Wildman–Crippen MR) is 107 cm³/mol. The van der Waals surface area contributed by atoms with Gasteiger partial charge in [0.05, 0.1) is 5.69 Å². The van der Waals surface area contributed by atoms with Gasteiger partial charge >= 0.3 is 0 Å². The number of aromatic nitrogens is 1. The topological polar surface area (TPSA) is 26.0 Å². The molecular weight excluding hydrogens is 318 g/mol. The van der Waals surface area contributed by atoms with E-state index in [4.69, 9.17) is 9.40 Å². The van der Waals surface area contributed by atoms with E-state index in [2.05, 4.69) is 61.5 Å². The van der Waals surface area contributed by atoms with Crippen molar-refractivity contribution >= 4 is 21.9 Å². The Kier molecular flexibility index (Phi) is 3.36. The Labute approximate surface area is 151 Å². The Balaban J connectivity index is 1.76. The van der Waals surface area contributed by atoms with Crippen molar-refractivity contribution in [2.24, 2.45) is 0 Å². The zero-order valence-corrected chi connectivity index (χ0v) is 14.4. The minimum absolute atomic E-state index is 0.893. The van der Waals surface area contributed by atoms with Crippen LogP contribution in [0.1, 0.15) is 5.56 Å². The summed E-state index contributed by atoms with van der Waals surface area (Å²) in [6, 6.07) is 27.0. The van der Waals surface area contributed by atoms with Crippen LogP contribution in [0.15, 0.2) is 89.5 Å². The van der Waals surface area contributed by atoms with E-state index >= 15 is 0 Å². The van der Waals surface area contributed by atoms with Crippen LogP contribution in [0, 0.1) is 6.92 Å². The number of benzene rings is 3. The van der Waals surface area contributed by atoms with Crippen LogP contribution < -0.4 is 0 Å². The summed E-state index contributed by atoms with van der Waals surface area (Å²) in [5.41, 5.74) is 7.32. The molecule has 0 amide bonds. The van der Waals surface area contributed by atoms with Crippen molar-refractivity contribution in [3.05, 3.63) is 90.6 Å². The van der Waals surface area contributed by atoms with Gasteiger partial charge in [0, 0.05) is 22.5 Å². The van der Waals surface area contributed by atoms with Gasteiger partial charge in [-0.25, -0.2) is 0 Å². The van der Waals surface area contributed by atoms with Crippen LogP contribution in [-0.4, -0.2) is 4.98 Å². The van der Waals surface area contributed by atoms with E-state index in [9.17, 15) is 0 Å². The first-order valence-electron chi connectivity index (χ1n) is 8.74. The fourth-order valence-corrected chi connectivity index (χ4v) is 3.55. The largest absolute Gasteiger partial charge is 0.455 e. The lowest BCUT2D eigenvalue weighted by atomic mass is 9.99. The second kappa shape index (κ2) is 5.85. The third-order valence-corrected chi connectivity index (χ3v) is 4.87. The Bertz CT molecular complexity index is 1240. The highest BCUT2D eigenvalue weighted by Gasteiger charge is 2.14. The molecule has 5 aromatic rings. The highest BCUT2D eigenvalue weighted by molar-refractivity contribution is 6.09. The van der Waals surface area contributed by atoms with Gasteiger partial charge in [-0.15, -0.1) is 0 Å². The van der Waals surface area contributed by atoms with Gasteiger partial charge in [-0.05, 0) is 41.8 Å². The number of hydrogen-bond acceptors (Lipinski definition) is 2. The molecule has 0 saturated heterocycles. The van der Waals surface area contributed by atoms with Gasteiger partial charge in [-0.2, -0.15) is 0 Å². The maximum absolute atomic E-state index is 6.17. The maximum atomic E-state index is 6.17. The van der Waals surface area contributed by atoms with Crippen LogP contribution in [0.3, 0.4) is 0 Å². The lowest BCUT2D eigenvalue weighted by Gasteiger charge is -2.09. The molecule has 0 N–H and O–H groups in total. The molecule has 2 nitrogen and oxygen atoms in total. The molecule has 3 aromatic carbocycles. The summed E-state index contributed by atoms with van der Waals surface area (Å²) in [6.45, 7) is 2.10. The number of aryl methyl sites for hydroxylation is 1. The second-order valence-electron chi connectivity index (χ2n) is 6.53. The first-order chi connectivity index (χ1) is 12.8. The van der Waals surface area contributed by atoms with Crippen LogP contribution in [-0.2, 0) is 0 Å². The van der Waals surface area contributed by atoms with Crippen molar-refractivity contribution in [3.63, 3.8) is 0 Å². The highest BCUT2D eigenvalue weighted by atomic mass is 16.3. The monoisotopic (exact) mass is 335 g/mol. The fraction of sp³-hybridized carbons (Fsp3) is 0.0417. The van der Waals surface area contributed by atoms with E-state index in [1.165, 1.54) is 11.1 Å². The summed E-state index contributed by atoms with van der Waals surface area (Å²) in [5, 5.41) is 2.27. The molecule has 0 aliphatic carbocycles. The SMILES string of the molecule is Cc1cnc(-c2cccc3c2oc2ccccc23)cc1-c1ccccc1. The normalized spacial score (nSPS) is 11.3. The summed E-state index contributed by atoms with van der Waals surface area (Å²) in [6.07, 6.45) is 1.94. The van der Waals surface area contributed by atoms with Crippen LogP contribution >= 0.6 is 0 Å². The lowest BCUT2D eigenvalue weighted by Crippen LogP contribution is -1.90. The molecule has 0 bridgehead atoms. The van der Waals surface area contributed by atoms with Crippen LogP contribution in [0.25, 0.3) is 44.3 Å². The number of fused-ring (bicyclic) bond motifs is 3. The van der Waals surface area contributed by atoms with Gasteiger partial charge in [0.15, 0.2) is 0 Å². The molecule has 0 aliphatic heterocycles. The molecule has 0 spiro atoms. The minimum Gasteiger partial charge on any atom is -0.455 e. The number of rotatable bonds is 2. The Hall–Kier alpha value is -3.39. The van der Waals surface area contributed by atoms with Crippen LogP contribution in [0.2, 0.25) is 0 Å². The van der Waals surface area contributed by atoms with Crippen molar-refractivity contribution < 1.29 is 4.42 Å². The molecule has 0 unspecified atom stereocenters. The van der Waals surface area contributed by atoms with Crippen molar-refractivity contribution in [1.82, 2.24) is 4.98 Å². The molecule has 0 saturated carbocycles. The Morgan fingerprint density at radius 2 is 1.50 bits per heavy atom. The minimum atomic E-state index is 0.893. The number of hydrogen-bond donors (Lipinski definition) is 0. The molecule has 0 aliphatic rings. The first-order valence-corrected chi connectivity index (χ1v) is 8.74. The number of furan rings is 1. The summed E-state index contributed by atoms with van der Waals surface area (Å²) in [4.78, 5) is 4.69. The number of nitrogens with zero attached hydrogens (tertiary/aromatic N) is 1. The zero-order chi connectivity index (χ0) is 17.5. The molecule has 2 aromatic heterocycles. The van der Waals surface area contributed by atoms with Gasteiger partial charge in [-0.3, -0.25) is 4.98 Å². The molecule has 2 heteroatoms. The summed E-state index contributed by atoms with van der Waals surface area (Å²) in [5.74, 6) is 0. The van der Waals surface area contributed by atoms with Gasteiger partial charge in [-0.1, -0.05) is 60.7 Å². The molecule has 124 valence electrons. The number of pyridine rings is 1. The van der Waals surface area contributed by atoms with E-state index in [1.807, 2.05) is 30.5 Å². The van der Waals surface area contributed by atoms with E-state index in [-0.39, 0.29) is 0 Å². The number of para-hydroxylation sites is 2. The van der Waals surface area contributed by atoms with Gasteiger partial charge in [0.2, 0.25) is 0 Å². The molecule has 0 fully saturated rings. The molecule has 0 atom stereocenters. The third kappa shape index (κ3) is 2.31. The Morgan fingerprint density at radius 1 is 0.731 bits per heavy atom. The second-order valence-corrected chi connectivity index (χ2v) is 6.53. The van der Waals surface area contributed by atoms with Crippen LogP contribution in [0.5, 0.6) is 0 Å². The smallest absolute Gasteiger partial charge is 0.144 e. The van der Waals surface area contributed by atoms with Gasteiger partial charge in [0.1, 0.15) is 11.2 Å². The van der Waals surface area contributed by atoms with Crippen molar-refractivity contribution in [1.29, 1.82) is 0 Å². The van der Waals surface area contributed by atoms with Crippen LogP contribution in [0.4, 0.5) is 0 Å². The lowest BCUT2D eigenvalue weighted by molar-refractivity contribution is 0.670. The third-order valence-electron chi connectivity index (χ3n) is 4.87. The standard InChI is InChI=1S/C24H17NO/c1-16-15-25-22(14-21(16)17-8-3-2-4-9-17)20-12-7-11-19-18-10-5-6-13-23(18)26-24(19)20/h2-15H,1H3. The summed E-state index contributed by atoms with van der Waals surface area (Å²) >= 11 is 0. The maximum Gasteiger partial charge on any atom is 0.144 e. The Morgan fingerprint density at radius 3 is 2.38 bits per heavy atom. The van der Waals surface area contributed by atoms with Crippen molar-refractivity contribution in [3.8, 4) is 22.4 Å². The van der Waals surface area contributed by atoms with Crippen molar-refractivity contribution in [2.75, 3.05) is 0 Å². The van der Waals surface area contributed by atoms with Gasteiger partial charge < -0.3 is 4.42 Å². The average molecular weight is 335 g/mol. The molecule has 0 radical (unpaired) electrons. The van der Waals surface area contributed by atoms with Crippen molar-refractivity contribution in [2.45, 2.75) is 6.92 Å². The summed E-state index contributed by atoms with van der Waals surface area (Å²) in [7, 11) is 0. The van der Waals surface area contributed by atoms with E-state index < -0.39 is 0 Å². The average Bonchev–Trinajstić information content (AvgIpc) is 3.08. The van der Waals surface area contributed by atoms with Gasteiger partial charge in [0.25, 0.3) is 0 Å². The summed E-state index contributed by atoms with van der Waals surface area (Å²) < 4.78 is 6.17. The molecule has 26 heavy (non-hydrogen) atoms. The highest BCUT2D eigenvalue weighted by Crippen LogP contribution is 2.36. The van der Waals surface area contributed by atoms with E-state index in [0.717, 1.165) is 38.8 Å².